The second-order valence-electron chi connectivity index (χ2n) is 7.69. The zero-order valence-electron chi connectivity index (χ0n) is 18.7. The van der Waals surface area contributed by atoms with Crippen LogP contribution in [0.3, 0.4) is 0 Å². The van der Waals surface area contributed by atoms with Gasteiger partial charge in [-0.15, -0.1) is 0 Å². The third-order valence-electron chi connectivity index (χ3n) is 4.73. The van der Waals surface area contributed by atoms with Gasteiger partial charge in [0.1, 0.15) is 5.75 Å². The highest BCUT2D eigenvalue weighted by Gasteiger charge is 2.25. The molecular formula is C21H30ClN3O7. The standard InChI is InChI=1S/C21H30ClN3O7/c1-12(2)30-21(28)32-13(3)31-19(26)11-25-7-5-14(6-8-25)24-20(27)15-9-16(22)17(23)10-18(15)29-4/h9-10,12-14H,5-8,11,23H2,1-4H3,(H,24,27). The van der Waals surface area contributed by atoms with Crippen LogP contribution in [0.25, 0.3) is 0 Å². The number of piperidine rings is 1. The average Bonchev–Trinajstić information content (AvgIpc) is 2.70. The van der Waals surface area contributed by atoms with Crippen molar-refractivity contribution in [1.82, 2.24) is 10.2 Å². The van der Waals surface area contributed by atoms with Crippen LogP contribution in [0.15, 0.2) is 12.1 Å². The predicted molar refractivity (Wildman–Crippen MR) is 118 cm³/mol. The van der Waals surface area contributed by atoms with Crippen molar-refractivity contribution in [2.24, 2.45) is 0 Å². The summed E-state index contributed by atoms with van der Waals surface area (Å²) in [6, 6.07) is 2.93. The van der Waals surface area contributed by atoms with Gasteiger partial charge in [-0.1, -0.05) is 11.6 Å². The van der Waals surface area contributed by atoms with Crippen LogP contribution in [-0.2, 0) is 19.0 Å². The lowest BCUT2D eigenvalue weighted by Crippen LogP contribution is -2.46. The minimum absolute atomic E-state index is 0.0506. The number of nitrogens with one attached hydrogen (secondary N) is 1. The van der Waals surface area contributed by atoms with Crippen molar-refractivity contribution in [3.63, 3.8) is 0 Å². The molecule has 32 heavy (non-hydrogen) atoms. The van der Waals surface area contributed by atoms with Crippen molar-refractivity contribution in [3.8, 4) is 5.75 Å². The van der Waals surface area contributed by atoms with Gasteiger partial charge in [-0.05, 0) is 32.8 Å². The molecule has 0 bridgehead atoms. The van der Waals surface area contributed by atoms with Gasteiger partial charge < -0.3 is 30.0 Å². The molecule has 1 fully saturated rings. The fourth-order valence-electron chi connectivity index (χ4n) is 3.20. The maximum Gasteiger partial charge on any atom is 0.511 e. The first kappa shape index (κ1) is 25.5. The van der Waals surface area contributed by atoms with Gasteiger partial charge >= 0.3 is 12.1 Å². The summed E-state index contributed by atoms with van der Waals surface area (Å²) < 4.78 is 20.0. The number of nitrogen functional groups attached to an aromatic ring is 1. The van der Waals surface area contributed by atoms with Gasteiger partial charge in [0.2, 0.25) is 6.29 Å². The molecule has 1 aromatic rings. The summed E-state index contributed by atoms with van der Waals surface area (Å²) in [4.78, 5) is 38.1. The van der Waals surface area contributed by atoms with Crippen molar-refractivity contribution >= 4 is 35.3 Å². The number of carbonyl (C=O) groups is 3. The van der Waals surface area contributed by atoms with E-state index in [-0.39, 0.29) is 29.6 Å². The molecule has 0 radical (unpaired) electrons. The van der Waals surface area contributed by atoms with Gasteiger partial charge in [-0.25, -0.2) is 4.79 Å². The largest absolute Gasteiger partial charge is 0.511 e. The average molecular weight is 472 g/mol. The van der Waals surface area contributed by atoms with Crippen LogP contribution in [-0.4, -0.2) is 68.1 Å². The number of methoxy groups -OCH3 is 1. The number of benzene rings is 1. The molecule has 1 aliphatic heterocycles. The van der Waals surface area contributed by atoms with Crippen LogP contribution in [0, 0.1) is 0 Å². The predicted octanol–water partition coefficient (Wildman–Crippen LogP) is 2.58. The molecule has 0 aliphatic carbocycles. The van der Waals surface area contributed by atoms with E-state index in [4.69, 9.17) is 36.3 Å². The number of likely N-dealkylation sites (tertiary alicyclic amines) is 1. The van der Waals surface area contributed by atoms with Gasteiger partial charge in [0.15, 0.2) is 0 Å². The number of nitrogens with zero attached hydrogens (tertiary/aromatic N) is 1. The Labute approximate surface area is 192 Å². The minimum Gasteiger partial charge on any atom is -0.496 e. The van der Waals surface area contributed by atoms with E-state index in [1.165, 1.54) is 26.2 Å². The molecule has 1 unspecified atom stereocenters. The molecule has 0 aromatic heterocycles. The van der Waals surface area contributed by atoms with Crippen molar-refractivity contribution < 1.29 is 33.3 Å². The topological polar surface area (TPSA) is 129 Å². The summed E-state index contributed by atoms with van der Waals surface area (Å²) >= 11 is 6.04. The fourth-order valence-corrected chi connectivity index (χ4v) is 3.36. The van der Waals surface area contributed by atoms with E-state index in [1.807, 2.05) is 4.90 Å². The molecule has 1 amide bonds. The highest BCUT2D eigenvalue weighted by Crippen LogP contribution is 2.29. The minimum atomic E-state index is -1.05. The lowest BCUT2D eigenvalue weighted by Gasteiger charge is -2.31. The number of esters is 1. The number of anilines is 1. The molecule has 1 aliphatic rings. The van der Waals surface area contributed by atoms with Crippen LogP contribution >= 0.6 is 11.6 Å². The Morgan fingerprint density at radius 3 is 2.41 bits per heavy atom. The molecule has 3 N–H and O–H groups in total. The normalized spacial score (nSPS) is 15.7. The van der Waals surface area contributed by atoms with Gasteiger partial charge in [0.25, 0.3) is 5.91 Å². The van der Waals surface area contributed by atoms with E-state index in [0.29, 0.717) is 42.9 Å². The van der Waals surface area contributed by atoms with Gasteiger partial charge in [-0.3, -0.25) is 14.5 Å². The number of nitrogens with two attached hydrogens (primary N) is 1. The molecule has 1 atom stereocenters. The van der Waals surface area contributed by atoms with E-state index in [9.17, 15) is 14.4 Å². The van der Waals surface area contributed by atoms with E-state index < -0.39 is 18.4 Å². The van der Waals surface area contributed by atoms with E-state index in [1.54, 1.807) is 13.8 Å². The molecule has 0 spiro atoms. The lowest BCUT2D eigenvalue weighted by atomic mass is 10.0. The van der Waals surface area contributed by atoms with E-state index >= 15 is 0 Å². The van der Waals surface area contributed by atoms with Gasteiger partial charge in [0, 0.05) is 32.1 Å². The number of hydrogen-bond acceptors (Lipinski definition) is 9. The molecule has 10 nitrogen and oxygen atoms in total. The summed E-state index contributed by atoms with van der Waals surface area (Å²) in [5, 5.41) is 3.24. The molecule has 0 saturated carbocycles. The fraction of sp³-hybridized carbons (Fsp3) is 0.571. The first-order valence-corrected chi connectivity index (χ1v) is 10.7. The van der Waals surface area contributed by atoms with Crippen LogP contribution in [0.5, 0.6) is 5.75 Å². The summed E-state index contributed by atoms with van der Waals surface area (Å²) in [5.74, 6) is -0.474. The lowest BCUT2D eigenvalue weighted by molar-refractivity contribution is -0.170. The SMILES string of the molecule is COc1cc(N)c(Cl)cc1C(=O)NC1CCN(CC(=O)OC(C)OC(=O)OC(C)C)CC1. The monoisotopic (exact) mass is 471 g/mol. The highest BCUT2D eigenvalue weighted by atomic mass is 35.5. The Morgan fingerprint density at radius 2 is 1.81 bits per heavy atom. The smallest absolute Gasteiger partial charge is 0.496 e. The third kappa shape index (κ3) is 7.76. The van der Waals surface area contributed by atoms with Crippen LogP contribution < -0.4 is 15.8 Å². The quantitative estimate of drug-likeness (QED) is 0.333. The molecule has 178 valence electrons. The molecule has 1 heterocycles. The molecular weight excluding hydrogens is 442 g/mol. The van der Waals surface area contributed by atoms with Crippen molar-refractivity contribution in [3.05, 3.63) is 22.7 Å². The first-order valence-electron chi connectivity index (χ1n) is 10.3. The maximum absolute atomic E-state index is 12.7. The van der Waals surface area contributed by atoms with Crippen molar-refractivity contribution in [1.29, 1.82) is 0 Å². The Hall–Kier alpha value is -2.72. The summed E-state index contributed by atoms with van der Waals surface area (Å²) in [5.41, 5.74) is 6.40. The van der Waals surface area contributed by atoms with Crippen LogP contribution in [0.1, 0.15) is 44.0 Å². The Kier molecular flexibility index (Phi) is 9.40. The van der Waals surface area contributed by atoms with Gasteiger partial charge in [0.05, 0.1) is 36.0 Å². The number of hydrogen-bond donors (Lipinski definition) is 2. The highest BCUT2D eigenvalue weighted by molar-refractivity contribution is 6.33. The molecule has 1 aromatic carbocycles. The molecule has 2 rings (SSSR count). The zero-order chi connectivity index (χ0) is 23.8. The number of ether oxygens (including phenoxy) is 4. The summed E-state index contributed by atoms with van der Waals surface area (Å²) in [6.07, 6.45) is -0.971. The number of rotatable bonds is 8. The summed E-state index contributed by atoms with van der Waals surface area (Å²) in [6.45, 7) is 6.04. The summed E-state index contributed by atoms with van der Waals surface area (Å²) in [7, 11) is 1.45. The van der Waals surface area contributed by atoms with Crippen LogP contribution in [0.4, 0.5) is 10.5 Å². The third-order valence-corrected chi connectivity index (χ3v) is 5.06. The number of carbonyl (C=O) groups excluding carboxylic acids is 3. The molecule has 1 saturated heterocycles. The molecule has 11 heteroatoms. The Morgan fingerprint density at radius 1 is 1.16 bits per heavy atom. The maximum atomic E-state index is 12.7. The Balaban J connectivity index is 1.77. The van der Waals surface area contributed by atoms with E-state index in [2.05, 4.69) is 5.32 Å². The van der Waals surface area contributed by atoms with Gasteiger partial charge in [-0.2, -0.15) is 0 Å². The number of amides is 1. The van der Waals surface area contributed by atoms with E-state index in [0.717, 1.165) is 0 Å². The Bertz CT molecular complexity index is 826. The number of halogens is 1. The van der Waals surface area contributed by atoms with Crippen LogP contribution in [0.2, 0.25) is 5.02 Å². The first-order chi connectivity index (χ1) is 15.1. The second kappa shape index (κ2) is 11.8. The van der Waals surface area contributed by atoms with Crippen molar-refractivity contribution in [2.75, 3.05) is 32.5 Å². The zero-order valence-corrected chi connectivity index (χ0v) is 19.4. The van der Waals surface area contributed by atoms with Crippen molar-refractivity contribution in [2.45, 2.75) is 52.0 Å². The second-order valence-corrected chi connectivity index (χ2v) is 8.10.